The van der Waals surface area contributed by atoms with Crippen molar-refractivity contribution in [3.05, 3.63) is 44.7 Å². The molecule has 2 rings (SSSR count). The van der Waals surface area contributed by atoms with Crippen LogP contribution in [-0.2, 0) is 11.2 Å². The largest absolute Gasteiger partial charge is 0.481 e. The van der Waals surface area contributed by atoms with Gasteiger partial charge in [0, 0.05) is 15.6 Å². The number of hydrogen-bond donors (Lipinski definition) is 2. The fraction of sp³-hybridized carbons (Fsp3) is 0.0909. The predicted octanol–water partition coefficient (Wildman–Crippen LogP) is 1.92. The van der Waals surface area contributed by atoms with Gasteiger partial charge in [-0.3, -0.25) is 9.59 Å². The molecule has 4 nitrogen and oxygen atoms in total. The molecule has 0 amide bonds. The van der Waals surface area contributed by atoms with Crippen LogP contribution in [0.25, 0.3) is 10.9 Å². The highest BCUT2D eigenvalue weighted by molar-refractivity contribution is 9.10. The summed E-state index contributed by atoms with van der Waals surface area (Å²) in [4.78, 5) is 24.7. The molecule has 0 unspecified atom stereocenters. The van der Waals surface area contributed by atoms with Gasteiger partial charge in [-0.05, 0) is 29.7 Å². The van der Waals surface area contributed by atoms with E-state index < -0.39 is 5.97 Å². The Morgan fingerprint density at radius 1 is 1.38 bits per heavy atom. The number of halogens is 1. The SMILES string of the molecule is O=C(O)Cc1cc2cc(Br)ccc2[nH]c1=O. The van der Waals surface area contributed by atoms with Gasteiger partial charge in [-0.2, -0.15) is 0 Å². The minimum Gasteiger partial charge on any atom is -0.481 e. The number of carboxylic acids is 1. The van der Waals surface area contributed by atoms with Gasteiger partial charge in [-0.15, -0.1) is 0 Å². The second kappa shape index (κ2) is 4.09. The van der Waals surface area contributed by atoms with Gasteiger partial charge in [0.05, 0.1) is 6.42 Å². The molecule has 82 valence electrons. The normalized spacial score (nSPS) is 10.6. The molecular weight excluding hydrogens is 274 g/mol. The lowest BCUT2D eigenvalue weighted by atomic mass is 10.1. The van der Waals surface area contributed by atoms with E-state index in [0.29, 0.717) is 5.52 Å². The molecule has 0 radical (unpaired) electrons. The highest BCUT2D eigenvalue weighted by Crippen LogP contribution is 2.17. The highest BCUT2D eigenvalue weighted by atomic mass is 79.9. The summed E-state index contributed by atoms with van der Waals surface area (Å²) >= 11 is 3.32. The molecule has 0 saturated carbocycles. The Labute approximate surface area is 99.0 Å². The average Bonchev–Trinajstić information content (AvgIpc) is 2.19. The molecular formula is C11H8BrNO3. The molecule has 0 aliphatic rings. The van der Waals surface area contributed by atoms with Gasteiger partial charge >= 0.3 is 5.97 Å². The summed E-state index contributed by atoms with van der Waals surface area (Å²) in [6.45, 7) is 0. The van der Waals surface area contributed by atoms with Gasteiger partial charge in [-0.25, -0.2) is 0 Å². The minimum atomic E-state index is -1.01. The summed E-state index contributed by atoms with van der Waals surface area (Å²) in [6.07, 6.45) is -0.266. The smallest absolute Gasteiger partial charge is 0.308 e. The van der Waals surface area contributed by atoms with Gasteiger partial charge in [0.25, 0.3) is 5.56 Å². The molecule has 5 heteroatoms. The molecule has 1 heterocycles. The van der Waals surface area contributed by atoms with E-state index in [-0.39, 0.29) is 17.5 Å². The van der Waals surface area contributed by atoms with Gasteiger partial charge in [0.2, 0.25) is 0 Å². The maximum atomic E-state index is 11.5. The third-order valence-corrected chi connectivity index (χ3v) is 2.72. The van der Waals surface area contributed by atoms with Crippen LogP contribution in [-0.4, -0.2) is 16.1 Å². The van der Waals surface area contributed by atoms with E-state index in [9.17, 15) is 9.59 Å². The topological polar surface area (TPSA) is 70.2 Å². The van der Waals surface area contributed by atoms with Crippen LogP contribution in [0.2, 0.25) is 0 Å². The molecule has 0 aliphatic heterocycles. The summed E-state index contributed by atoms with van der Waals surface area (Å²) in [5.41, 5.74) is 0.609. The fourth-order valence-corrected chi connectivity index (χ4v) is 1.90. The summed E-state index contributed by atoms with van der Waals surface area (Å²) in [7, 11) is 0. The van der Waals surface area contributed by atoms with Crippen LogP contribution in [0, 0.1) is 0 Å². The average molecular weight is 282 g/mol. The Morgan fingerprint density at radius 3 is 2.81 bits per heavy atom. The second-order valence-electron chi connectivity index (χ2n) is 3.43. The predicted molar refractivity (Wildman–Crippen MR) is 63.6 cm³/mol. The van der Waals surface area contributed by atoms with Crippen LogP contribution in [0.3, 0.4) is 0 Å². The number of hydrogen-bond acceptors (Lipinski definition) is 2. The molecule has 1 aromatic heterocycles. The van der Waals surface area contributed by atoms with Crippen molar-refractivity contribution in [2.24, 2.45) is 0 Å². The monoisotopic (exact) mass is 281 g/mol. The minimum absolute atomic E-state index is 0.262. The maximum absolute atomic E-state index is 11.5. The van der Waals surface area contributed by atoms with E-state index in [1.54, 1.807) is 12.1 Å². The number of H-pyrrole nitrogens is 1. The van der Waals surface area contributed by atoms with Crippen LogP contribution < -0.4 is 5.56 Å². The number of aliphatic carboxylic acids is 1. The first kappa shape index (κ1) is 10.9. The van der Waals surface area contributed by atoms with Crippen molar-refractivity contribution in [3.8, 4) is 0 Å². The lowest BCUT2D eigenvalue weighted by molar-refractivity contribution is -0.136. The van der Waals surface area contributed by atoms with Crippen LogP contribution in [0.4, 0.5) is 0 Å². The zero-order valence-electron chi connectivity index (χ0n) is 8.16. The standard InChI is InChI=1S/C11H8BrNO3/c12-8-1-2-9-6(4-8)3-7(5-10(14)15)11(16)13-9/h1-4H,5H2,(H,13,16)(H,14,15). The van der Waals surface area contributed by atoms with Crippen LogP contribution >= 0.6 is 15.9 Å². The van der Waals surface area contributed by atoms with Crippen molar-refractivity contribution in [1.82, 2.24) is 4.98 Å². The molecule has 0 fully saturated rings. The number of aromatic nitrogens is 1. The Hall–Kier alpha value is -1.62. The van der Waals surface area contributed by atoms with Crippen LogP contribution in [0.1, 0.15) is 5.56 Å². The van der Waals surface area contributed by atoms with Crippen molar-refractivity contribution < 1.29 is 9.90 Å². The number of carboxylic acid groups (broad SMARTS) is 1. The van der Waals surface area contributed by atoms with Gasteiger partial charge in [0.1, 0.15) is 0 Å². The summed E-state index contributed by atoms with van der Waals surface area (Å²) in [5, 5.41) is 9.47. The number of aromatic amines is 1. The van der Waals surface area contributed by atoms with Gasteiger partial charge in [-0.1, -0.05) is 15.9 Å². The Morgan fingerprint density at radius 2 is 2.12 bits per heavy atom. The van der Waals surface area contributed by atoms with Crippen molar-refractivity contribution in [2.75, 3.05) is 0 Å². The molecule has 0 spiro atoms. The van der Waals surface area contributed by atoms with E-state index in [0.717, 1.165) is 9.86 Å². The Kier molecular flexibility index (Phi) is 2.78. The van der Waals surface area contributed by atoms with E-state index in [2.05, 4.69) is 20.9 Å². The molecule has 2 aromatic rings. The lowest BCUT2D eigenvalue weighted by Gasteiger charge is -2.01. The van der Waals surface area contributed by atoms with Crippen LogP contribution in [0.5, 0.6) is 0 Å². The summed E-state index contributed by atoms with van der Waals surface area (Å²) < 4.78 is 0.883. The first-order valence-corrected chi connectivity index (χ1v) is 5.39. The lowest BCUT2D eigenvalue weighted by Crippen LogP contribution is -2.15. The van der Waals surface area contributed by atoms with Crippen LogP contribution in [0.15, 0.2) is 33.5 Å². The number of benzene rings is 1. The van der Waals surface area contributed by atoms with Gasteiger partial charge in [0.15, 0.2) is 0 Å². The maximum Gasteiger partial charge on any atom is 0.308 e. The first-order chi connectivity index (χ1) is 7.56. The van der Waals surface area contributed by atoms with E-state index in [1.807, 2.05) is 12.1 Å². The molecule has 0 bridgehead atoms. The first-order valence-electron chi connectivity index (χ1n) is 4.59. The molecule has 16 heavy (non-hydrogen) atoms. The summed E-state index contributed by atoms with van der Waals surface area (Å²) in [6, 6.07) is 7.02. The Balaban J connectivity index is 2.64. The van der Waals surface area contributed by atoms with E-state index in [4.69, 9.17) is 5.11 Å². The number of rotatable bonds is 2. The van der Waals surface area contributed by atoms with E-state index >= 15 is 0 Å². The molecule has 1 aromatic carbocycles. The Bertz CT molecular complexity index is 618. The summed E-state index contributed by atoms with van der Waals surface area (Å²) in [5.74, 6) is -1.01. The number of carbonyl (C=O) groups is 1. The number of pyridine rings is 1. The third-order valence-electron chi connectivity index (χ3n) is 2.22. The van der Waals surface area contributed by atoms with E-state index in [1.165, 1.54) is 0 Å². The molecule has 0 aliphatic carbocycles. The zero-order valence-corrected chi connectivity index (χ0v) is 9.74. The number of fused-ring (bicyclic) bond motifs is 1. The zero-order chi connectivity index (χ0) is 11.7. The third kappa shape index (κ3) is 2.14. The second-order valence-corrected chi connectivity index (χ2v) is 4.34. The molecule has 0 saturated heterocycles. The molecule has 2 N–H and O–H groups in total. The molecule has 0 atom stereocenters. The quantitative estimate of drug-likeness (QED) is 0.884. The van der Waals surface area contributed by atoms with Crippen molar-refractivity contribution in [3.63, 3.8) is 0 Å². The fourth-order valence-electron chi connectivity index (χ4n) is 1.52. The van der Waals surface area contributed by atoms with Crippen molar-refractivity contribution >= 4 is 32.8 Å². The highest BCUT2D eigenvalue weighted by Gasteiger charge is 2.07. The number of nitrogens with one attached hydrogen (secondary N) is 1. The van der Waals surface area contributed by atoms with Crippen molar-refractivity contribution in [2.45, 2.75) is 6.42 Å². The van der Waals surface area contributed by atoms with Crippen molar-refractivity contribution in [1.29, 1.82) is 0 Å². The van der Waals surface area contributed by atoms with Gasteiger partial charge < -0.3 is 10.1 Å².